The van der Waals surface area contributed by atoms with Gasteiger partial charge in [-0.2, -0.15) is 0 Å². The molecule has 0 saturated carbocycles. The zero-order valence-electron chi connectivity index (χ0n) is 10.6. The van der Waals surface area contributed by atoms with E-state index in [1.54, 1.807) is 7.11 Å². The molecule has 8 heteroatoms. The fourth-order valence-electron chi connectivity index (χ4n) is 1.50. The molecule has 1 heterocycles. The van der Waals surface area contributed by atoms with Crippen LogP contribution in [0.25, 0.3) is 0 Å². The summed E-state index contributed by atoms with van der Waals surface area (Å²) in [5.41, 5.74) is -0.569. The maximum absolute atomic E-state index is 11.5. The van der Waals surface area contributed by atoms with Crippen LogP contribution in [-0.4, -0.2) is 47.5 Å². The number of ether oxygens (including phenoxy) is 1. The molecule has 1 aromatic rings. The first-order valence-electron chi connectivity index (χ1n) is 5.77. The third-order valence-corrected chi connectivity index (χ3v) is 2.45. The normalized spacial score (nSPS) is 12.3. The standard InChI is InChI=1S/C11H17N3O5/c1-19-5-4-12-6-10(15)8-13-7-9(14(17)18)2-3-11(13)16/h2-3,7,10,12,15H,4-6,8H2,1H3. The molecular formula is C11H17N3O5. The maximum atomic E-state index is 11.5. The van der Waals surface area contributed by atoms with Crippen LogP contribution >= 0.6 is 0 Å². The topological polar surface area (TPSA) is 107 Å². The highest BCUT2D eigenvalue weighted by Crippen LogP contribution is 2.06. The third-order valence-electron chi connectivity index (χ3n) is 2.45. The number of aromatic nitrogens is 1. The summed E-state index contributed by atoms with van der Waals surface area (Å²) in [6, 6.07) is 2.26. The summed E-state index contributed by atoms with van der Waals surface area (Å²) in [5.74, 6) is 0. The Balaban J connectivity index is 2.58. The molecule has 0 aliphatic carbocycles. The van der Waals surface area contributed by atoms with Crippen LogP contribution in [0.15, 0.2) is 23.1 Å². The lowest BCUT2D eigenvalue weighted by Gasteiger charge is -2.13. The Bertz CT molecular complexity index is 474. The summed E-state index contributed by atoms with van der Waals surface area (Å²) in [6.07, 6.45) is 0.317. The second-order valence-electron chi connectivity index (χ2n) is 3.99. The second kappa shape index (κ2) is 7.62. The first-order chi connectivity index (χ1) is 9.04. The van der Waals surface area contributed by atoms with Crippen LogP contribution in [0.3, 0.4) is 0 Å². The highest BCUT2D eigenvalue weighted by atomic mass is 16.6. The number of nitro groups is 1. The Hall–Kier alpha value is -1.77. The van der Waals surface area contributed by atoms with Crippen molar-refractivity contribution in [2.24, 2.45) is 0 Å². The molecule has 0 amide bonds. The Labute approximate surface area is 109 Å². The first kappa shape index (κ1) is 15.3. The van der Waals surface area contributed by atoms with Crippen molar-refractivity contribution in [1.29, 1.82) is 0 Å². The average molecular weight is 271 g/mol. The van der Waals surface area contributed by atoms with Gasteiger partial charge < -0.3 is 19.7 Å². The van der Waals surface area contributed by atoms with Gasteiger partial charge in [0.2, 0.25) is 0 Å². The van der Waals surface area contributed by atoms with E-state index in [0.29, 0.717) is 13.2 Å². The molecule has 0 bridgehead atoms. The van der Waals surface area contributed by atoms with E-state index in [1.807, 2.05) is 0 Å². The van der Waals surface area contributed by atoms with Gasteiger partial charge in [0, 0.05) is 32.3 Å². The van der Waals surface area contributed by atoms with E-state index in [2.05, 4.69) is 5.32 Å². The van der Waals surface area contributed by atoms with E-state index in [-0.39, 0.29) is 24.3 Å². The van der Waals surface area contributed by atoms with Gasteiger partial charge in [0.15, 0.2) is 0 Å². The zero-order chi connectivity index (χ0) is 14.3. The third kappa shape index (κ3) is 5.16. The number of hydrogen-bond donors (Lipinski definition) is 2. The highest BCUT2D eigenvalue weighted by molar-refractivity contribution is 5.24. The van der Waals surface area contributed by atoms with Crippen LogP contribution in [-0.2, 0) is 11.3 Å². The fourth-order valence-corrected chi connectivity index (χ4v) is 1.50. The largest absolute Gasteiger partial charge is 0.390 e. The SMILES string of the molecule is COCCNCC(O)Cn1cc([N+](=O)[O-])ccc1=O. The molecule has 1 aromatic heterocycles. The number of aliphatic hydroxyl groups is 1. The van der Waals surface area contributed by atoms with Gasteiger partial charge in [0.1, 0.15) is 0 Å². The van der Waals surface area contributed by atoms with Crippen LogP contribution in [0.1, 0.15) is 0 Å². The zero-order valence-corrected chi connectivity index (χ0v) is 10.6. The van der Waals surface area contributed by atoms with Gasteiger partial charge in [-0.15, -0.1) is 0 Å². The quantitative estimate of drug-likeness (QED) is 0.370. The molecule has 8 nitrogen and oxygen atoms in total. The number of methoxy groups -OCH3 is 1. The van der Waals surface area contributed by atoms with Crippen LogP contribution in [0, 0.1) is 10.1 Å². The van der Waals surface area contributed by atoms with Crippen molar-refractivity contribution in [3.8, 4) is 0 Å². The van der Waals surface area contributed by atoms with Crippen molar-refractivity contribution >= 4 is 5.69 Å². The molecular weight excluding hydrogens is 254 g/mol. The minimum atomic E-state index is -0.809. The van der Waals surface area contributed by atoms with Crippen molar-refractivity contribution < 1.29 is 14.8 Å². The molecule has 0 aliphatic rings. The predicted molar refractivity (Wildman–Crippen MR) is 68.1 cm³/mol. The van der Waals surface area contributed by atoms with Crippen molar-refractivity contribution in [3.05, 3.63) is 38.8 Å². The van der Waals surface area contributed by atoms with Crippen molar-refractivity contribution in [1.82, 2.24) is 9.88 Å². The van der Waals surface area contributed by atoms with Gasteiger partial charge in [-0.25, -0.2) is 0 Å². The molecule has 19 heavy (non-hydrogen) atoms. The van der Waals surface area contributed by atoms with Gasteiger partial charge in [-0.3, -0.25) is 14.9 Å². The summed E-state index contributed by atoms with van der Waals surface area (Å²) in [5, 5.41) is 23.3. The molecule has 0 aromatic carbocycles. The van der Waals surface area contributed by atoms with Gasteiger partial charge in [0.05, 0.1) is 30.4 Å². The van der Waals surface area contributed by atoms with E-state index < -0.39 is 11.0 Å². The Morgan fingerprint density at radius 3 is 2.95 bits per heavy atom. The van der Waals surface area contributed by atoms with Crippen LogP contribution < -0.4 is 10.9 Å². The predicted octanol–water partition coefficient (Wildman–Crippen LogP) is -0.647. The number of pyridine rings is 1. The Morgan fingerprint density at radius 1 is 1.58 bits per heavy atom. The molecule has 0 aliphatic heterocycles. The number of aliphatic hydroxyl groups excluding tert-OH is 1. The van der Waals surface area contributed by atoms with E-state index in [9.17, 15) is 20.0 Å². The molecule has 0 radical (unpaired) electrons. The second-order valence-corrected chi connectivity index (χ2v) is 3.99. The molecule has 1 rings (SSSR count). The summed E-state index contributed by atoms with van der Waals surface area (Å²) in [7, 11) is 1.57. The fraction of sp³-hybridized carbons (Fsp3) is 0.545. The number of nitrogens with zero attached hydrogens (tertiary/aromatic N) is 2. The summed E-state index contributed by atoms with van der Waals surface area (Å²) in [4.78, 5) is 21.5. The number of hydrogen-bond acceptors (Lipinski definition) is 6. The minimum absolute atomic E-state index is 0.000492. The molecule has 106 valence electrons. The van der Waals surface area contributed by atoms with E-state index in [4.69, 9.17) is 4.74 Å². The minimum Gasteiger partial charge on any atom is -0.390 e. The maximum Gasteiger partial charge on any atom is 0.285 e. The van der Waals surface area contributed by atoms with Gasteiger partial charge in [0.25, 0.3) is 11.2 Å². The lowest BCUT2D eigenvalue weighted by molar-refractivity contribution is -0.385. The monoisotopic (exact) mass is 271 g/mol. The molecule has 0 fully saturated rings. The van der Waals surface area contributed by atoms with E-state index in [1.165, 1.54) is 0 Å². The summed E-state index contributed by atoms with van der Waals surface area (Å²) < 4.78 is 5.95. The lowest BCUT2D eigenvalue weighted by Crippen LogP contribution is -2.34. The van der Waals surface area contributed by atoms with E-state index >= 15 is 0 Å². The molecule has 2 N–H and O–H groups in total. The Morgan fingerprint density at radius 2 is 2.32 bits per heavy atom. The number of rotatable bonds is 8. The molecule has 0 spiro atoms. The van der Waals surface area contributed by atoms with E-state index in [0.717, 1.165) is 22.9 Å². The van der Waals surface area contributed by atoms with Crippen LogP contribution in [0.5, 0.6) is 0 Å². The van der Waals surface area contributed by atoms with Crippen LogP contribution in [0.4, 0.5) is 5.69 Å². The molecule has 1 unspecified atom stereocenters. The average Bonchev–Trinajstić information content (AvgIpc) is 2.37. The van der Waals surface area contributed by atoms with Gasteiger partial charge >= 0.3 is 0 Å². The van der Waals surface area contributed by atoms with Gasteiger partial charge in [-0.1, -0.05) is 0 Å². The first-order valence-corrected chi connectivity index (χ1v) is 5.77. The van der Waals surface area contributed by atoms with Crippen molar-refractivity contribution in [3.63, 3.8) is 0 Å². The smallest absolute Gasteiger partial charge is 0.285 e. The summed E-state index contributed by atoms with van der Waals surface area (Å²) >= 11 is 0. The molecule has 1 atom stereocenters. The van der Waals surface area contributed by atoms with Crippen LogP contribution in [0.2, 0.25) is 0 Å². The van der Waals surface area contributed by atoms with Crippen molar-refractivity contribution in [2.75, 3.05) is 26.8 Å². The van der Waals surface area contributed by atoms with Crippen molar-refractivity contribution in [2.45, 2.75) is 12.6 Å². The molecule has 0 saturated heterocycles. The highest BCUT2D eigenvalue weighted by Gasteiger charge is 2.11. The Kier molecular flexibility index (Phi) is 6.13. The van der Waals surface area contributed by atoms with Gasteiger partial charge in [-0.05, 0) is 0 Å². The lowest BCUT2D eigenvalue weighted by atomic mass is 10.3. The number of nitrogens with one attached hydrogen (secondary N) is 1. The summed E-state index contributed by atoms with van der Waals surface area (Å²) in [6.45, 7) is 1.37.